The Morgan fingerprint density at radius 3 is 2.69 bits per heavy atom. The zero-order valence-corrected chi connectivity index (χ0v) is 14.6. The number of rotatable bonds is 7. The summed E-state index contributed by atoms with van der Waals surface area (Å²) in [4.78, 5) is 20.7. The van der Waals surface area contributed by atoms with Gasteiger partial charge in [-0.05, 0) is 56.3 Å². The third kappa shape index (κ3) is 4.83. The quantitative estimate of drug-likeness (QED) is 0.674. The summed E-state index contributed by atoms with van der Waals surface area (Å²) in [5.41, 5.74) is 0.930. The van der Waals surface area contributed by atoms with Crippen molar-refractivity contribution in [3.05, 3.63) is 66.4 Å². The van der Waals surface area contributed by atoms with Gasteiger partial charge in [-0.1, -0.05) is 0 Å². The Balaban J connectivity index is 1.61. The number of benzene rings is 1. The van der Waals surface area contributed by atoms with Crippen LogP contribution in [0.2, 0.25) is 0 Å². The van der Waals surface area contributed by atoms with Crippen molar-refractivity contribution in [2.75, 3.05) is 10.6 Å². The van der Waals surface area contributed by atoms with E-state index in [9.17, 15) is 4.79 Å². The number of carbonyl (C=O) groups is 1. The van der Waals surface area contributed by atoms with Crippen molar-refractivity contribution >= 4 is 17.5 Å². The second-order valence-electron chi connectivity index (χ2n) is 5.84. The topological polar surface area (TPSA) is 89.3 Å². The van der Waals surface area contributed by atoms with E-state index in [2.05, 4.69) is 20.6 Å². The van der Waals surface area contributed by atoms with Crippen LogP contribution in [0, 0.1) is 0 Å². The molecule has 26 heavy (non-hydrogen) atoms. The van der Waals surface area contributed by atoms with Crippen molar-refractivity contribution in [1.82, 2.24) is 9.97 Å². The van der Waals surface area contributed by atoms with E-state index in [0.717, 1.165) is 11.5 Å². The van der Waals surface area contributed by atoms with Crippen LogP contribution in [0.3, 0.4) is 0 Å². The highest BCUT2D eigenvalue weighted by Crippen LogP contribution is 2.17. The minimum atomic E-state index is -0.314. The van der Waals surface area contributed by atoms with Crippen LogP contribution in [0.4, 0.5) is 11.6 Å². The number of hydrogen-bond acceptors (Lipinski definition) is 6. The fourth-order valence-corrected chi connectivity index (χ4v) is 2.23. The molecule has 0 fully saturated rings. The standard InChI is InChI=1S/C19H20N4O3/c1-13(2)26-15-7-5-14(6-8-15)22-18(24)17-9-10-20-19(23-17)21-12-16-4-3-11-25-16/h3-11,13H,12H2,1-2H3,(H,22,24)(H,20,21,23). The number of nitrogens with one attached hydrogen (secondary N) is 2. The van der Waals surface area contributed by atoms with Crippen molar-refractivity contribution in [3.63, 3.8) is 0 Å². The van der Waals surface area contributed by atoms with Gasteiger partial charge in [-0.25, -0.2) is 9.97 Å². The number of amides is 1. The van der Waals surface area contributed by atoms with E-state index in [-0.39, 0.29) is 17.7 Å². The lowest BCUT2D eigenvalue weighted by molar-refractivity contribution is 0.102. The highest BCUT2D eigenvalue weighted by Gasteiger charge is 2.10. The fourth-order valence-electron chi connectivity index (χ4n) is 2.23. The largest absolute Gasteiger partial charge is 0.491 e. The van der Waals surface area contributed by atoms with Crippen molar-refractivity contribution in [2.45, 2.75) is 26.5 Å². The Labute approximate surface area is 151 Å². The lowest BCUT2D eigenvalue weighted by Gasteiger charge is -2.10. The van der Waals surface area contributed by atoms with Gasteiger partial charge in [-0.15, -0.1) is 0 Å². The van der Waals surface area contributed by atoms with Gasteiger partial charge in [0.05, 0.1) is 18.9 Å². The number of furan rings is 1. The predicted molar refractivity (Wildman–Crippen MR) is 98.2 cm³/mol. The molecule has 0 bridgehead atoms. The first kappa shape index (κ1) is 17.5. The SMILES string of the molecule is CC(C)Oc1ccc(NC(=O)c2ccnc(NCc3ccco3)n2)cc1. The van der Waals surface area contributed by atoms with Gasteiger partial charge in [-0.2, -0.15) is 0 Å². The summed E-state index contributed by atoms with van der Waals surface area (Å²) >= 11 is 0. The fraction of sp³-hybridized carbons (Fsp3) is 0.211. The molecule has 0 aliphatic carbocycles. The molecule has 0 saturated heterocycles. The van der Waals surface area contributed by atoms with E-state index >= 15 is 0 Å². The van der Waals surface area contributed by atoms with E-state index in [1.54, 1.807) is 30.5 Å². The second-order valence-corrected chi connectivity index (χ2v) is 5.84. The Morgan fingerprint density at radius 2 is 2.00 bits per heavy atom. The lowest BCUT2D eigenvalue weighted by Crippen LogP contribution is -2.15. The van der Waals surface area contributed by atoms with Crippen LogP contribution in [-0.2, 0) is 6.54 Å². The van der Waals surface area contributed by atoms with E-state index in [1.807, 2.05) is 32.0 Å². The molecule has 1 amide bonds. The van der Waals surface area contributed by atoms with E-state index in [1.165, 1.54) is 6.20 Å². The highest BCUT2D eigenvalue weighted by atomic mass is 16.5. The van der Waals surface area contributed by atoms with Gasteiger partial charge in [0.1, 0.15) is 17.2 Å². The molecular formula is C19H20N4O3. The Kier molecular flexibility index (Phi) is 5.48. The van der Waals surface area contributed by atoms with Crippen molar-refractivity contribution in [1.29, 1.82) is 0 Å². The number of carbonyl (C=O) groups excluding carboxylic acids is 1. The molecule has 7 heteroatoms. The molecule has 0 spiro atoms. The van der Waals surface area contributed by atoms with E-state index in [4.69, 9.17) is 9.15 Å². The molecule has 0 saturated carbocycles. The monoisotopic (exact) mass is 352 g/mol. The van der Waals surface area contributed by atoms with E-state index < -0.39 is 0 Å². The van der Waals surface area contributed by atoms with Crippen LogP contribution in [0.25, 0.3) is 0 Å². The van der Waals surface area contributed by atoms with Crippen molar-refractivity contribution < 1.29 is 13.9 Å². The molecular weight excluding hydrogens is 332 g/mol. The van der Waals surface area contributed by atoms with Crippen molar-refractivity contribution in [2.24, 2.45) is 0 Å². The summed E-state index contributed by atoms with van der Waals surface area (Å²) in [6.45, 7) is 4.36. The molecule has 2 heterocycles. The van der Waals surface area contributed by atoms with Gasteiger partial charge >= 0.3 is 0 Å². The number of hydrogen-bond donors (Lipinski definition) is 2. The molecule has 7 nitrogen and oxygen atoms in total. The first-order valence-corrected chi connectivity index (χ1v) is 8.27. The molecule has 134 valence electrons. The van der Waals surface area contributed by atoms with Crippen LogP contribution in [0.5, 0.6) is 5.75 Å². The van der Waals surface area contributed by atoms with Crippen LogP contribution >= 0.6 is 0 Å². The molecule has 0 atom stereocenters. The molecule has 3 aromatic rings. The maximum absolute atomic E-state index is 12.4. The van der Waals surface area contributed by atoms with Gasteiger partial charge in [0.15, 0.2) is 0 Å². The lowest BCUT2D eigenvalue weighted by atomic mass is 10.3. The molecule has 2 aromatic heterocycles. The zero-order valence-electron chi connectivity index (χ0n) is 14.6. The Bertz CT molecular complexity index is 845. The number of anilines is 2. The summed E-state index contributed by atoms with van der Waals surface area (Å²) in [5.74, 6) is 1.55. The first-order valence-electron chi connectivity index (χ1n) is 8.27. The van der Waals surface area contributed by atoms with Gasteiger partial charge < -0.3 is 19.8 Å². The van der Waals surface area contributed by atoms with Gasteiger partial charge in [-0.3, -0.25) is 4.79 Å². The maximum Gasteiger partial charge on any atom is 0.274 e. The van der Waals surface area contributed by atoms with Gasteiger partial charge in [0, 0.05) is 11.9 Å². The van der Waals surface area contributed by atoms with Crippen molar-refractivity contribution in [3.8, 4) is 5.75 Å². The summed E-state index contributed by atoms with van der Waals surface area (Å²) in [7, 11) is 0. The van der Waals surface area contributed by atoms with Crippen LogP contribution in [0.15, 0.2) is 59.3 Å². The van der Waals surface area contributed by atoms with E-state index in [0.29, 0.717) is 18.2 Å². The zero-order chi connectivity index (χ0) is 18.4. The Morgan fingerprint density at radius 1 is 1.19 bits per heavy atom. The molecule has 0 radical (unpaired) electrons. The Hall–Kier alpha value is -3.35. The number of ether oxygens (including phenoxy) is 1. The average Bonchev–Trinajstić information content (AvgIpc) is 3.15. The minimum absolute atomic E-state index is 0.101. The summed E-state index contributed by atoms with van der Waals surface area (Å²) in [6.07, 6.45) is 3.23. The first-order chi connectivity index (χ1) is 12.6. The van der Waals surface area contributed by atoms with Gasteiger partial charge in [0.25, 0.3) is 5.91 Å². The molecule has 3 rings (SSSR count). The number of aromatic nitrogens is 2. The van der Waals surface area contributed by atoms with Crippen LogP contribution in [0.1, 0.15) is 30.1 Å². The average molecular weight is 352 g/mol. The summed E-state index contributed by atoms with van der Waals surface area (Å²) < 4.78 is 10.8. The molecule has 2 N–H and O–H groups in total. The second kappa shape index (κ2) is 8.15. The minimum Gasteiger partial charge on any atom is -0.491 e. The van der Waals surface area contributed by atoms with Gasteiger partial charge in [0.2, 0.25) is 5.95 Å². The molecule has 0 unspecified atom stereocenters. The molecule has 0 aliphatic rings. The third-order valence-electron chi connectivity index (χ3n) is 3.37. The molecule has 1 aromatic carbocycles. The van der Waals surface area contributed by atoms with Crippen LogP contribution in [-0.4, -0.2) is 22.0 Å². The summed E-state index contributed by atoms with van der Waals surface area (Å²) in [6, 6.07) is 12.4. The van der Waals surface area contributed by atoms with Crippen LogP contribution < -0.4 is 15.4 Å². The third-order valence-corrected chi connectivity index (χ3v) is 3.37. The maximum atomic E-state index is 12.4. The normalized spacial score (nSPS) is 10.6. The summed E-state index contributed by atoms with van der Waals surface area (Å²) in [5, 5.41) is 5.82. The number of nitrogens with zero attached hydrogens (tertiary/aromatic N) is 2. The predicted octanol–water partition coefficient (Wildman–Crippen LogP) is 3.72. The smallest absolute Gasteiger partial charge is 0.274 e. The highest BCUT2D eigenvalue weighted by molar-refractivity contribution is 6.02. The molecule has 0 aliphatic heterocycles.